The molecule has 1 rings (SSSR count). The molecule has 0 saturated carbocycles. The molecule has 0 spiro atoms. The van der Waals surface area contributed by atoms with Gasteiger partial charge in [0.1, 0.15) is 0 Å². The van der Waals surface area contributed by atoms with Gasteiger partial charge in [-0.15, -0.1) is 11.3 Å². The molecule has 5 nitrogen and oxygen atoms in total. The number of allylic oxidation sites excluding steroid dienone is 2. The van der Waals surface area contributed by atoms with E-state index in [-0.39, 0.29) is 5.78 Å². The van der Waals surface area contributed by atoms with Crippen molar-refractivity contribution in [2.45, 2.75) is 0 Å². The van der Waals surface area contributed by atoms with E-state index in [4.69, 9.17) is 11.6 Å². The quantitative estimate of drug-likeness (QED) is 0.255. The second kappa shape index (κ2) is 5.28. The molecule has 4 N–H and O–H groups in total. The number of nitrogens with zero attached hydrogens (tertiary/aromatic N) is 2. The van der Waals surface area contributed by atoms with Gasteiger partial charge in [0.25, 0.3) is 0 Å². The molecule has 0 unspecified atom stereocenters. The van der Waals surface area contributed by atoms with E-state index in [1.54, 1.807) is 24.7 Å². The van der Waals surface area contributed by atoms with Crippen LogP contribution in [0, 0.1) is 0 Å². The zero-order chi connectivity index (χ0) is 11.3. The largest absolute Gasteiger partial charge is 0.403 e. The van der Waals surface area contributed by atoms with Crippen LogP contribution in [0.4, 0.5) is 0 Å². The van der Waals surface area contributed by atoms with Gasteiger partial charge in [0.2, 0.25) is 5.78 Å². The minimum atomic E-state index is -0.161. The summed E-state index contributed by atoms with van der Waals surface area (Å²) in [6, 6.07) is 0. The van der Waals surface area contributed by atoms with E-state index in [1.165, 1.54) is 28.6 Å². The van der Waals surface area contributed by atoms with Crippen LogP contribution in [0.3, 0.4) is 0 Å². The zero-order valence-electron chi connectivity index (χ0n) is 8.25. The molecular weight excluding hydrogens is 212 g/mol. The third kappa shape index (κ3) is 3.19. The molecule has 0 atom stereocenters. The second-order valence-electron chi connectivity index (χ2n) is 2.74. The van der Waals surface area contributed by atoms with E-state index in [0.29, 0.717) is 10.7 Å². The summed E-state index contributed by atoms with van der Waals surface area (Å²) >= 11 is 1.29. The third-order valence-electron chi connectivity index (χ3n) is 1.63. The Labute approximate surface area is 91.7 Å². The summed E-state index contributed by atoms with van der Waals surface area (Å²) in [5.41, 5.74) is 5.87. The third-order valence-corrected chi connectivity index (χ3v) is 2.41. The molecule has 0 aliphatic rings. The van der Waals surface area contributed by atoms with Gasteiger partial charge >= 0.3 is 0 Å². The summed E-state index contributed by atoms with van der Waals surface area (Å²) in [6.45, 7) is 0. The summed E-state index contributed by atoms with van der Waals surface area (Å²) in [7, 11) is 1.64. The van der Waals surface area contributed by atoms with Crippen molar-refractivity contribution in [3.63, 3.8) is 0 Å². The maximum atomic E-state index is 11.5. The lowest BCUT2D eigenvalue weighted by molar-refractivity contribution is 0.104. The number of thiazole rings is 1. The monoisotopic (exact) mass is 224 g/mol. The molecule has 1 aromatic rings. The van der Waals surface area contributed by atoms with Crippen LogP contribution < -0.4 is 11.6 Å². The minimum absolute atomic E-state index is 0.161. The minimum Gasteiger partial charge on any atom is -0.403 e. The number of hydrazine groups is 1. The van der Waals surface area contributed by atoms with Crippen molar-refractivity contribution >= 4 is 17.1 Å². The Hall–Kier alpha value is -1.66. The Kier molecular flexibility index (Phi) is 4.02. The fraction of sp³-hybridized carbons (Fsp3) is 0.111. The number of likely N-dealkylation sites (N-methyl/N-ethyl adjacent to an activating group) is 1. The highest BCUT2D eigenvalue weighted by molar-refractivity contribution is 7.11. The molecule has 0 saturated heterocycles. The smallest absolute Gasteiger partial charge is 0.214 e. The Morgan fingerprint density at radius 3 is 2.80 bits per heavy atom. The molecule has 0 bridgehead atoms. The number of aromatic nitrogens is 1. The first-order valence-electron chi connectivity index (χ1n) is 4.17. The molecule has 0 aliphatic carbocycles. The first kappa shape index (κ1) is 11.4. The molecule has 15 heavy (non-hydrogen) atoms. The highest BCUT2D eigenvalue weighted by atomic mass is 32.1. The van der Waals surface area contributed by atoms with Crippen LogP contribution in [-0.2, 0) is 0 Å². The van der Waals surface area contributed by atoms with Crippen LogP contribution in [0.2, 0.25) is 0 Å². The van der Waals surface area contributed by atoms with Gasteiger partial charge in [0.15, 0.2) is 5.01 Å². The highest BCUT2D eigenvalue weighted by Crippen LogP contribution is 2.06. The van der Waals surface area contributed by atoms with Gasteiger partial charge in [-0.2, -0.15) is 0 Å². The molecule has 6 heteroatoms. The fourth-order valence-electron chi connectivity index (χ4n) is 0.868. The predicted molar refractivity (Wildman–Crippen MR) is 59.8 cm³/mol. The number of hydrogen-bond acceptors (Lipinski definition) is 6. The van der Waals surface area contributed by atoms with Crippen LogP contribution in [0.25, 0.3) is 0 Å². The molecule has 1 heterocycles. The van der Waals surface area contributed by atoms with E-state index in [1.807, 2.05) is 0 Å². The Bertz CT molecular complexity index is 381. The molecule has 0 amide bonds. The fourth-order valence-corrected chi connectivity index (χ4v) is 1.42. The summed E-state index contributed by atoms with van der Waals surface area (Å²) < 4.78 is 0. The number of rotatable bonds is 4. The molecule has 0 aromatic carbocycles. The molecular formula is C9H12N4OS. The average Bonchev–Trinajstić information content (AvgIpc) is 2.70. The van der Waals surface area contributed by atoms with Gasteiger partial charge in [-0.25, -0.2) is 10.8 Å². The van der Waals surface area contributed by atoms with Crippen LogP contribution in [0.1, 0.15) is 9.80 Å². The van der Waals surface area contributed by atoms with Crippen molar-refractivity contribution in [3.8, 4) is 0 Å². The van der Waals surface area contributed by atoms with E-state index in [2.05, 4.69) is 4.98 Å². The van der Waals surface area contributed by atoms with Crippen molar-refractivity contribution in [3.05, 3.63) is 40.6 Å². The van der Waals surface area contributed by atoms with Crippen molar-refractivity contribution in [2.24, 2.45) is 11.6 Å². The maximum absolute atomic E-state index is 11.5. The lowest BCUT2D eigenvalue weighted by Crippen LogP contribution is -2.25. The van der Waals surface area contributed by atoms with Crippen molar-refractivity contribution < 1.29 is 4.79 Å². The molecule has 0 radical (unpaired) electrons. The van der Waals surface area contributed by atoms with Gasteiger partial charge < -0.3 is 10.7 Å². The van der Waals surface area contributed by atoms with E-state index in [0.717, 1.165) is 0 Å². The number of carbonyl (C=O) groups excluding carboxylic acids is 1. The second-order valence-corrected chi connectivity index (χ2v) is 3.63. The molecule has 1 aromatic heterocycles. The van der Waals surface area contributed by atoms with Crippen LogP contribution in [0.15, 0.2) is 35.6 Å². The predicted octanol–water partition coefficient (Wildman–Crippen LogP) is 0.488. The van der Waals surface area contributed by atoms with Gasteiger partial charge in [-0.3, -0.25) is 4.79 Å². The van der Waals surface area contributed by atoms with Crippen molar-refractivity contribution in [2.75, 3.05) is 7.05 Å². The lowest BCUT2D eigenvalue weighted by atomic mass is 10.3. The first-order chi connectivity index (χ1) is 7.15. The number of hydrogen-bond donors (Lipinski definition) is 2. The van der Waals surface area contributed by atoms with Gasteiger partial charge in [0, 0.05) is 24.8 Å². The van der Waals surface area contributed by atoms with Crippen LogP contribution >= 0.6 is 11.3 Å². The Morgan fingerprint density at radius 2 is 2.33 bits per heavy atom. The van der Waals surface area contributed by atoms with E-state index in [9.17, 15) is 4.79 Å². The maximum Gasteiger partial charge on any atom is 0.214 e. The summed E-state index contributed by atoms with van der Waals surface area (Å²) in [5.74, 6) is 5.30. The lowest BCUT2D eigenvalue weighted by Gasteiger charge is -2.11. The average molecular weight is 224 g/mol. The standard InChI is InChI=1S/C9H12N4OS/c1-13(11)7(6-10)2-3-8(14)9-12-4-5-15-9/h2-6H,10-11H2,1H3/b3-2+,7-6-. The summed E-state index contributed by atoms with van der Waals surface area (Å²) in [5, 5.41) is 3.52. The van der Waals surface area contributed by atoms with Crippen LogP contribution in [0.5, 0.6) is 0 Å². The Balaban J connectivity index is 2.70. The zero-order valence-corrected chi connectivity index (χ0v) is 9.07. The van der Waals surface area contributed by atoms with Gasteiger partial charge in [-0.1, -0.05) is 0 Å². The van der Waals surface area contributed by atoms with Gasteiger partial charge in [-0.05, 0) is 12.2 Å². The molecule has 80 valence electrons. The topological polar surface area (TPSA) is 85.2 Å². The SMILES string of the molecule is CN(N)C(=C\N)/C=C/C(=O)c1nccs1. The normalized spacial score (nSPS) is 12.0. The van der Waals surface area contributed by atoms with E-state index < -0.39 is 0 Å². The number of nitrogens with two attached hydrogens (primary N) is 2. The van der Waals surface area contributed by atoms with Gasteiger partial charge in [0.05, 0.1) is 5.70 Å². The van der Waals surface area contributed by atoms with Crippen molar-refractivity contribution in [1.82, 2.24) is 9.99 Å². The number of ketones is 1. The summed E-state index contributed by atoms with van der Waals surface area (Å²) in [4.78, 5) is 15.4. The molecule has 0 fully saturated rings. The number of carbonyl (C=O) groups is 1. The van der Waals surface area contributed by atoms with E-state index >= 15 is 0 Å². The summed E-state index contributed by atoms with van der Waals surface area (Å²) in [6.07, 6.45) is 5.84. The van der Waals surface area contributed by atoms with Crippen LogP contribution in [-0.4, -0.2) is 22.8 Å². The highest BCUT2D eigenvalue weighted by Gasteiger charge is 2.04. The Morgan fingerprint density at radius 1 is 1.60 bits per heavy atom. The molecule has 0 aliphatic heterocycles. The first-order valence-corrected chi connectivity index (χ1v) is 5.05. The van der Waals surface area contributed by atoms with Crippen molar-refractivity contribution in [1.29, 1.82) is 0 Å².